The second-order valence-electron chi connectivity index (χ2n) is 5.92. The predicted molar refractivity (Wildman–Crippen MR) is 102 cm³/mol. The minimum atomic E-state index is -3.58. The molecule has 1 aliphatic heterocycles. The fourth-order valence-electron chi connectivity index (χ4n) is 2.36. The number of halogens is 3. The van der Waals surface area contributed by atoms with Crippen molar-refractivity contribution in [3.8, 4) is 0 Å². The predicted octanol–water partition coefficient (Wildman–Crippen LogP) is 5.15. The van der Waals surface area contributed by atoms with Gasteiger partial charge in [0, 0.05) is 45.5 Å². The first kappa shape index (κ1) is 9.97. The number of rotatable bonds is 5. The van der Waals surface area contributed by atoms with Crippen molar-refractivity contribution < 1.29 is 28.7 Å². The van der Waals surface area contributed by atoms with Crippen LogP contribution in [0.1, 0.15) is 62.3 Å². The molecule has 3 rings (SSSR count). The first-order valence-corrected chi connectivity index (χ1v) is 8.40. The number of benzene rings is 1. The van der Waals surface area contributed by atoms with Gasteiger partial charge < -0.3 is 4.90 Å². The van der Waals surface area contributed by atoms with Crippen LogP contribution in [0, 0.1) is 12.7 Å². The van der Waals surface area contributed by atoms with Gasteiger partial charge in [0.15, 0.2) is 0 Å². The van der Waals surface area contributed by atoms with Gasteiger partial charge >= 0.3 is 0 Å². The van der Waals surface area contributed by atoms with E-state index in [4.69, 9.17) is 26.7 Å². The number of aryl methyl sites for hydroxylation is 2. The molecule has 1 aromatic heterocycles. The fraction of sp³-hybridized carbons (Fsp3) is 0.429. The molecule has 144 valence electrons. The molecule has 0 spiro atoms. The summed E-state index contributed by atoms with van der Waals surface area (Å²) in [6, 6.07) is 4.73. The smallest absolute Gasteiger partial charge is 0.253 e. The number of pyridine rings is 1. The van der Waals surface area contributed by atoms with Gasteiger partial charge in [-0.15, -0.1) is 0 Å². The third-order valence-electron chi connectivity index (χ3n) is 3.87. The van der Waals surface area contributed by atoms with Gasteiger partial charge in [-0.05, 0) is 68.7 Å². The number of hydrogen-bond donors (Lipinski definition) is 0. The summed E-state index contributed by atoms with van der Waals surface area (Å²) in [7, 11) is 0. The summed E-state index contributed by atoms with van der Waals surface area (Å²) in [5.74, 6) is -2.29. The Morgan fingerprint density at radius 3 is 3.00 bits per heavy atom. The Hall–Kier alpha value is -2.01. The van der Waals surface area contributed by atoms with Crippen molar-refractivity contribution in [3.05, 3.63) is 64.2 Å². The van der Waals surface area contributed by atoms with Crippen LogP contribution < -0.4 is 0 Å². The summed E-state index contributed by atoms with van der Waals surface area (Å²) >= 11 is 5.67. The highest BCUT2D eigenvalue weighted by molar-refractivity contribution is 6.31. The summed E-state index contributed by atoms with van der Waals surface area (Å²) in [5, 5.41) is -0.514. The lowest BCUT2D eigenvalue weighted by molar-refractivity contribution is 0.0389. The molecule has 1 saturated heterocycles. The van der Waals surface area contributed by atoms with E-state index in [9.17, 15) is 9.18 Å². The second kappa shape index (κ2) is 8.34. The third-order valence-corrected chi connectivity index (χ3v) is 4.16. The molecule has 0 bridgehead atoms. The van der Waals surface area contributed by atoms with Crippen LogP contribution >= 0.6 is 11.6 Å². The number of piperidine rings is 1. The molecule has 1 amide bonds. The Labute approximate surface area is 178 Å². The number of aromatic nitrogens is 1. The van der Waals surface area contributed by atoms with Crippen molar-refractivity contribution >= 4 is 17.5 Å². The van der Waals surface area contributed by atoms with Gasteiger partial charge in [-0.3, -0.25) is 9.78 Å². The Morgan fingerprint density at radius 2 is 2.30 bits per heavy atom. The summed E-state index contributed by atoms with van der Waals surface area (Å²) in [6.45, 7) is -9.15. The van der Waals surface area contributed by atoms with Gasteiger partial charge in [0.05, 0.1) is 5.02 Å². The molecule has 0 saturated carbocycles. The molecule has 3 nitrogen and oxygen atoms in total. The van der Waals surface area contributed by atoms with Crippen molar-refractivity contribution in [3.63, 3.8) is 0 Å². The van der Waals surface area contributed by atoms with Crippen LogP contribution in [0.15, 0.2) is 36.5 Å². The fourth-order valence-corrected chi connectivity index (χ4v) is 2.54. The largest absolute Gasteiger partial charge is 0.338 e. The summed E-state index contributed by atoms with van der Waals surface area (Å²) in [4.78, 5) is 16.8. The van der Waals surface area contributed by atoms with Crippen LogP contribution in [0.4, 0.5) is 8.78 Å². The zero-order chi connectivity index (χ0) is 29.1. The maximum Gasteiger partial charge on any atom is 0.253 e. The average Bonchev–Trinajstić information content (AvgIpc) is 2.77. The van der Waals surface area contributed by atoms with Crippen LogP contribution in [0.3, 0.4) is 0 Å². The lowest BCUT2D eigenvalue weighted by Crippen LogP contribution is -2.44. The van der Waals surface area contributed by atoms with Crippen molar-refractivity contribution in [2.24, 2.45) is 0 Å². The van der Waals surface area contributed by atoms with Crippen molar-refractivity contribution in [2.45, 2.75) is 44.5 Å². The van der Waals surface area contributed by atoms with E-state index in [0.29, 0.717) is 0 Å². The number of nitrogens with zero attached hydrogens (tertiary/aromatic N) is 2. The Bertz CT molecular complexity index is 1220. The van der Waals surface area contributed by atoms with Crippen LogP contribution in [0.25, 0.3) is 0 Å². The molecule has 0 aliphatic carbocycles. The number of hydrogen-bond acceptors (Lipinski definition) is 2. The van der Waals surface area contributed by atoms with E-state index in [1.807, 2.05) is 0 Å². The lowest BCUT2D eigenvalue weighted by Gasteiger charge is -2.36. The summed E-state index contributed by atoms with van der Waals surface area (Å²) < 4.78 is 118. The molecular weight excluding hydrogens is 370 g/mol. The average molecular weight is 404 g/mol. The topological polar surface area (TPSA) is 33.2 Å². The molecule has 27 heavy (non-hydrogen) atoms. The molecule has 2 aromatic rings. The highest BCUT2D eigenvalue weighted by atomic mass is 35.5. The first-order chi connectivity index (χ1) is 17.1. The molecule has 6 heteroatoms. The summed E-state index contributed by atoms with van der Waals surface area (Å²) in [5.41, 5.74) is -4.17. The number of carbonyl (C=O) groups excluding carboxylic acids is 1. The van der Waals surface area contributed by atoms with E-state index in [0.717, 1.165) is 36.5 Å². The van der Waals surface area contributed by atoms with Crippen LogP contribution in [-0.4, -0.2) is 34.5 Å². The molecule has 0 radical (unpaired) electrons. The van der Waals surface area contributed by atoms with Crippen molar-refractivity contribution in [2.75, 3.05) is 13.0 Å². The number of carbonyl (C=O) groups is 1. The SMILES string of the molecule is [2H]C([2H])([2H])c1ccc(C([2H])([2H])CCC2(F)CC([2H])([2H])N(C(=O)c3ccc(F)c(Cl)c3)C([2H])([2H])C2([2H])[2H])nc1. The van der Waals surface area contributed by atoms with Crippen molar-refractivity contribution in [1.29, 1.82) is 0 Å². The van der Waals surface area contributed by atoms with E-state index in [2.05, 4.69) is 4.98 Å². The Kier molecular flexibility index (Phi) is 3.08. The van der Waals surface area contributed by atoms with E-state index < -0.39 is 79.8 Å². The molecule has 1 aliphatic rings. The Balaban J connectivity index is 1.92. The van der Waals surface area contributed by atoms with Gasteiger partial charge in [0.2, 0.25) is 0 Å². The first-order valence-electron chi connectivity index (χ1n) is 13.5. The number of likely N-dealkylation sites (tertiary alicyclic amines) is 1. The van der Waals surface area contributed by atoms with Gasteiger partial charge in [-0.1, -0.05) is 17.7 Å². The molecule has 0 N–H and O–H groups in total. The minimum Gasteiger partial charge on any atom is -0.338 e. The number of amides is 1. The summed E-state index contributed by atoms with van der Waals surface area (Å²) in [6.07, 6.45) is -8.11. The highest BCUT2D eigenvalue weighted by Crippen LogP contribution is 2.32. The molecular formula is C21H23ClF2N2O. The zero-order valence-electron chi connectivity index (χ0n) is 25.0. The van der Waals surface area contributed by atoms with Gasteiger partial charge in [0.1, 0.15) is 11.5 Å². The van der Waals surface area contributed by atoms with Crippen LogP contribution in [-0.2, 0) is 6.37 Å². The highest BCUT2D eigenvalue weighted by Gasteiger charge is 2.35. The van der Waals surface area contributed by atoms with Crippen molar-refractivity contribution in [1.82, 2.24) is 9.88 Å². The molecule has 1 fully saturated rings. The monoisotopic (exact) mass is 403 g/mol. The molecule has 2 heterocycles. The maximum absolute atomic E-state index is 16.2. The van der Waals surface area contributed by atoms with Crippen LogP contribution in [0.2, 0.25) is 5.02 Å². The maximum atomic E-state index is 16.2. The zero-order valence-corrected chi connectivity index (χ0v) is 14.8. The molecule has 1 aromatic carbocycles. The normalized spacial score (nSPS) is 32.6. The number of alkyl halides is 1. The third kappa shape index (κ3) is 5.04. The second-order valence-corrected chi connectivity index (χ2v) is 6.32. The Morgan fingerprint density at radius 1 is 1.44 bits per heavy atom. The van der Waals surface area contributed by atoms with Crippen LogP contribution in [0.5, 0.6) is 0 Å². The van der Waals surface area contributed by atoms with E-state index >= 15 is 4.39 Å². The van der Waals surface area contributed by atoms with Gasteiger partial charge in [-0.2, -0.15) is 0 Å². The minimum absolute atomic E-state index is 0.0782. The van der Waals surface area contributed by atoms with Gasteiger partial charge in [0.25, 0.3) is 5.91 Å². The quantitative estimate of drug-likeness (QED) is 0.691. The molecule has 1 unspecified atom stereocenters. The van der Waals surface area contributed by atoms with Gasteiger partial charge in [-0.25, -0.2) is 8.78 Å². The van der Waals surface area contributed by atoms with E-state index in [1.165, 1.54) is 0 Å². The van der Waals surface area contributed by atoms with E-state index in [1.54, 1.807) is 0 Å². The molecule has 1 atom stereocenters. The van der Waals surface area contributed by atoms with E-state index in [-0.39, 0.29) is 16.2 Å². The standard InChI is InChI=1S/C21H23ClF2N2O/c1-15-4-6-17(25-14-15)3-2-8-21(24)9-11-26(12-10-21)20(27)16-5-7-19(23)18(22)13-16/h4-7,13-14H,2-3,8-12H2,1H3/i1D3,3D2,9D2,11D2,12D2. The lowest BCUT2D eigenvalue weighted by atomic mass is 9.87.